The predicted octanol–water partition coefficient (Wildman–Crippen LogP) is 1.98. The first-order valence-corrected chi connectivity index (χ1v) is 7.76. The minimum Gasteiger partial charge on any atom is -0.366 e. The third kappa shape index (κ3) is 3.51. The van der Waals surface area contributed by atoms with Crippen molar-refractivity contribution in [3.8, 4) is 0 Å². The van der Waals surface area contributed by atoms with Gasteiger partial charge in [0.15, 0.2) is 0 Å². The van der Waals surface area contributed by atoms with E-state index in [-0.39, 0.29) is 5.91 Å². The lowest BCUT2D eigenvalue weighted by Crippen LogP contribution is -2.19. The van der Waals surface area contributed by atoms with Crippen molar-refractivity contribution < 1.29 is 9.59 Å². The number of amides is 2. The van der Waals surface area contributed by atoms with Crippen LogP contribution < -0.4 is 11.1 Å². The molecule has 3 aromatic rings. The number of benzene rings is 1. The third-order valence-corrected chi connectivity index (χ3v) is 3.82. The van der Waals surface area contributed by atoms with Crippen LogP contribution in [0.5, 0.6) is 0 Å². The molecule has 0 fully saturated rings. The summed E-state index contributed by atoms with van der Waals surface area (Å²) in [5.41, 5.74) is 8.27. The van der Waals surface area contributed by atoms with Crippen LogP contribution in [0.4, 0.5) is 5.69 Å². The Hall–Kier alpha value is -3.19. The number of aromatic nitrogens is 2. The van der Waals surface area contributed by atoms with Crippen LogP contribution in [0.25, 0.3) is 10.9 Å². The van der Waals surface area contributed by atoms with Crippen molar-refractivity contribution in [1.29, 1.82) is 0 Å². The molecule has 0 bridgehead atoms. The summed E-state index contributed by atoms with van der Waals surface area (Å²) in [7, 11) is 3.85. The van der Waals surface area contributed by atoms with Gasteiger partial charge in [0.2, 0.25) is 5.91 Å². The van der Waals surface area contributed by atoms with Crippen LogP contribution in [0.3, 0.4) is 0 Å². The molecule has 2 heterocycles. The van der Waals surface area contributed by atoms with E-state index < -0.39 is 5.91 Å². The van der Waals surface area contributed by atoms with E-state index in [9.17, 15) is 9.59 Å². The van der Waals surface area contributed by atoms with Crippen molar-refractivity contribution in [3.05, 3.63) is 59.5 Å². The van der Waals surface area contributed by atoms with Crippen LogP contribution in [0.2, 0.25) is 0 Å². The number of H-pyrrole nitrogens is 1. The number of nitrogens with zero attached hydrogens (tertiary/aromatic N) is 2. The maximum Gasteiger partial charge on any atom is 0.274 e. The number of fused-ring (bicyclic) bond motifs is 1. The first-order chi connectivity index (χ1) is 12.0. The number of anilines is 1. The smallest absolute Gasteiger partial charge is 0.274 e. The molecule has 0 spiro atoms. The molecule has 0 radical (unpaired) electrons. The Morgan fingerprint density at radius 2 is 2.04 bits per heavy atom. The van der Waals surface area contributed by atoms with E-state index in [0.29, 0.717) is 23.5 Å². The fourth-order valence-electron chi connectivity index (χ4n) is 2.67. The van der Waals surface area contributed by atoms with Gasteiger partial charge in [-0.1, -0.05) is 6.07 Å². The van der Waals surface area contributed by atoms with Gasteiger partial charge in [0.1, 0.15) is 5.69 Å². The Bertz CT molecular complexity index is 946. The summed E-state index contributed by atoms with van der Waals surface area (Å²) in [5.74, 6) is -0.885. The molecule has 0 unspecified atom stereocenters. The number of nitrogens with one attached hydrogen (secondary N) is 2. The van der Waals surface area contributed by atoms with Crippen LogP contribution in [-0.4, -0.2) is 40.8 Å². The highest BCUT2D eigenvalue weighted by Gasteiger charge is 2.16. The zero-order valence-electron chi connectivity index (χ0n) is 14.0. The van der Waals surface area contributed by atoms with Crippen LogP contribution in [-0.2, 0) is 6.54 Å². The van der Waals surface area contributed by atoms with Gasteiger partial charge in [-0.2, -0.15) is 0 Å². The van der Waals surface area contributed by atoms with E-state index >= 15 is 0 Å². The number of nitrogens with two attached hydrogens (primary N) is 1. The SMILES string of the molecule is CN(C)Cc1ccc(C(N)=O)cc1NC(=O)c1nccc2[nH]ccc12. The van der Waals surface area contributed by atoms with E-state index in [2.05, 4.69) is 15.3 Å². The predicted molar refractivity (Wildman–Crippen MR) is 96.4 cm³/mol. The van der Waals surface area contributed by atoms with Crippen molar-refractivity contribution in [2.75, 3.05) is 19.4 Å². The minimum atomic E-state index is -0.544. The molecular weight excluding hydrogens is 318 g/mol. The second kappa shape index (κ2) is 6.74. The number of rotatable bonds is 5. The molecule has 1 aromatic carbocycles. The van der Waals surface area contributed by atoms with E-state index in [1.165, 1.54) is 0 Å². The number of hydrogen-bond donors (Lipinski definition) is 3. The fourth-order valence-corrected chi connectivity index (χ4v) is 2.67. The zero-order chi connectivity index (χ0) is 18.0. The number of hydrogen-bond acceptors (Lipinski definition) is 4. The lowest BCUT2D eigenvalue weighted by Gasteiger charge is -2.16. The molecule has 0 saturated heterocycles. The van der Waals surface area contributed by atoms with Gasteiger partial charge in [0.25, 0.3) is 5.91 Å². The maximum atomic E-state index is 12.7. The van der Waals surface area contributed by atoms with E-state index in [1.807, 2.05) is 19.0 Å². The van der Waals surface area contributed by atoms with Gasteiger partial charge < -0.3 is 20.9 Å². The van der Waals surface area contributed by atoms with Gasteiger partial charge in [0, 0.05) is 41.1 Å². The summed E-state index contributed by atoms with van der Waals surface area (Å²) in [6.07, 6.45) is 3.34. The highest BCUT2D eigenvalue weighted by atomic mass is 16.2. The van der Waals surface area contributed by atoms with E-state index in [0.717, 1.165) is 16.5 Å². The Morgan fingerprint density at radius 1 is 1.24 bits per heavy atom. The lowest BCUT2D eigenvalue weighted by molar-refractivity contribution is 0.0995. The number of carbonyl (C=O) groups excluding carboxylic acids is 2. The molecule has 0 atom stereocenters. The number of primary amides is 1. The number of aromatic amines is 1. The Labute approximate surface area is 144 Å². The summed E-state index contributed by atoms with van der Waals surface area (Å²) >= 11 is 0. The van der Waals surface area contributed by atoms with Crippen LogP contribution in [0.15, 0.2) is 42.7 Å². The van der Waals surface area contributed by atoms with Gasteiger partial charge in [-0.15, -0.1) is 0 Å². The lowest BCUT2D eigenvalue weighted by atomic mass is 10.1. The highest BCUT2D eigenvalue weighted by Crippen LogP contribution is 2.22. The number of pyridine rings is 1. The second-order valence-corrected chi connectivity index (χ2v) is 6.03. The molecule has 0 aliphatic rings. The molecule has 2 amide bonds. The second-order valence-electron chi connectivity index (χ2n) is 6.03. The number of carbonyl (C=O) groups is 2. The average molecular weight is 337 g/mol. The van der Waals surface area contributed by atoms with Gasteiger partial charge >= 0.3 is 0 Å². The monoisotopic (exact) mass is 337 g/mol. The van der Waals surface area contributed by atoms with Crippen molar-refractivity contribution >= 4 is 28.4 Å². The molecule has 0 aliphatic carbocycles. The van der Waals surface area contributed by atoms with Gasteiger partial charge in [-0.25, -0.2) is 0 Å². The summed E-state index contributed by atoms with van der Waals surface area (Å²) in [6, 6.07) is 8.65. The zero-order valence-corrected chi connectivity index (χ0v) is 14.0. The highest BCUT2D eigenvalue weighted by molar-refractivity contribution is 6.11. The Balaban J connectivity index is 1.97. The van der Waals surface area contributed by atoms with Crippen molar-refractivity contribution in [2.45, 2.75) is 6.54 Å². The molecule has 0 saturated carbocycles. The maximum absolute atomic E-state index is 12.7. The minimum absolute atomic E-state index is 0.319. The van der Waals surface area contributed by atoms with Crippen molar-refractivity contribution in [2.24, 2.45) is 5.73 Å². The summed E-state index contributed by atoms with van der Waals surface area (Å²) in [4.78, 5) is 33.4. The van der Waals surface area contributed by atoms with Crippen molar-refractivity contribution in [1.82, 2.24) is 14.9 Å². The average Bonchev–Trinajstić information content (AvgIpc) is 3.04. The molecular formula is C18H19N5O2. The van der Waals surface area contributed by atoms with Crippen LogP contribution >= 0.6 is 0 Å². The van der Waals surface area contributed by atoms with Gasteiger partial charge in [-0.3, -0.25) is 14.6 Å². The Morgan fingerprint density at radius 3 is 2.76 bits per heavy atom. The van der Waals surface area contributed by atoms with Crippen molar-refractivity contribution in [3.63, 3.8) is 0 Å². The molecule has 7 nitrogen and oxygen atoms in total. The third-order valence-electron chi connectivity index (χ3n) is 3.82. The molecule has 2 aromatic heterocycles. The Kier molecular flexibility index (Phi) is 4.49. The quantitative estimate of drug-likeness (QED) is 0.662. The van der Waals surface area contributed by atoms with Crippen LogP contribution in [0, 0.1) is 0 Å². The topological polar surface area (TPSA) is 104 Å². The van der Waals surface area contributed by atoms with Gasteiger partial charge in [-0.05, 0) is 43.9 Å². The first-order valence-electron chi connectivity index (χ1n) is 7.76. The largest absolute Gasteiger partial charge is 0.366 e. The molecule has 128 valence electrons. The van der Waals surface area contributed by atoms with E-state index in [4.69, 9.17) is 5.73 Å². The molecule has 3 rings (SSSR count). The summed E-state index contributed by atoms with van der Waals surface area (Å²) in [5, 5.41) is 3.60. The fraction of sp³-hybridized carbons (Fsp3) is 0.167. The summed E-state index contributed by atoms with van der Waals surface area (Å²) in [6.45, 7) is 0.608. The normalized spacial score (nSPS) is 11.0. The summed E-state index contributed by atoms with van der Waals surface area (Å²) < 4.78 is 0. The molecule has 4 N–H and O–H groups in total. The molecule has 0 aliphatic heterocycles. The molecule has 7 heteroatoms. The standard InChI is InChI=1S/C18H19N5O2/c1-23(2)10-12-4-3-11(17(19)24)9-15(12)22-18(25)16-13-5-7-20-14(13)6-8-21-16/h3-9,20H,10H2,1-2H3,(H2,19,24)(H,22,25). The molecule has 25 heavy (non-hydrogen) atoms. The van der Waals surface area contributed by atoms with E-state index in [1.54, 1.807) is 42.7 Å². The first kappa shape index (κ1) is 16.7. The van der Waals surface area contributed by atoms with Gasteiger partial charge in [0.05, 0.1) is 0 Å². The van der Waals surface area contributed by atoms with Crippen LogP contribution in [0.1, 0.15) is 26.4 Å².